The first-order valence-corrected chi connectivity index (χ1v) is 9.74. The molecule has 0 bridgehead atoms. The van der Waals surface area contributed by atoms with Gasteiger partial charge in [-0.25, -0.2) is 8.42 Å². The van der Waals surface area contributed by atoms with Gasteiger partial charge in [-0.2, -0.15) is 0 Å². The first kappa shape index (κ1) is 19.6. The molecular formula is C17H20N2O6S. The normalized spacial score (nSPS) is 11.6. The van der Waals surface area contributed by atoms with Gasteiger partial charge in [0.15, 0.2) is 9.84 Å². The van der Waals surface area contributed by atoms with Crippen LogP contribution in [0, 0.1) is 17.0 Å². The van der Waals surface area contributed by atoms with Gasteiger partial charge in [-0.1, -0.05) is 0 Å². The number of benzene rings is 1. The van der Waals surface area contributed by atoms with Crippen LogP contribution in [0.3, 0.4) is 0 Å². The number of hydrogen-bond donors (Lipinski definition) is 0. The standard InChI is InChI=1S/C17H20N2O6S/c1-11(2)18(10-15-6-5-12(3)25-15)17(20)13-7-14(19(21)22)9-16(8-13)26(4,23)24/h5-9,11H,10H2,1-4H3. The zero-order chi connectivity index (χ0) is 19.6. The maximum atomic E-state index is 12.9. The van der Waals surface area contributed by atoms with Gasteiger partial charge in [-0.3, -0.25) is 14.9 Å². The van der Waals surface area contributed by atoms with Crippen molar-refractivity contribution in [2.45, 2.75) is 38.3 Å². The summed E-state index contributed by atoms with van der Waals surface area (Å²) >= 11 is 0. The molecule has 0 atom stereocenters. The average Bonchev–Trinajstić information content (AvgIpc) is 2.95. The van der Waals surface area contributed by atoms with E-state index < -0.39 is 26.4 Å². The minimum atomic E-state index is -3.71. The number of hydrogen-bond acceptors (Lipinski definition) is 6. The third-order valence-electron chi connectivity index (χ3n) is 3.78. The third kappa shape index (κ3) is 4.48. The molecule has 0 saturated carbocycles. The van der Waals surface area contributed by atoms with E-state index in [4.69, 9.17) is 4.42 Å². The number of carbonyl (C=O) groups excluding carboxylic acids is 1. The number of furan rings is 1. The molecule has 0 aliphatic carbocycles. The summed E-state index contributed by atoms with van der Waals surface area (Å²) in [4.78, 5) is 24.5. The van der Waals surface area contributed by atoms with Crippen molar-refractivity contribution in [3.05, 3.63) is 57.5 Å². The lowest BCUT2D eigenvalue weighted by Gasteiger charge is -2.26. The number of carbonyl (C=O) groups is 1. The second-order valence-corrected chi connectivity index (χ2v) is 8.30. The molecule has 0 aliphatic heterocycles. The Morgan fingerprint density at radius 3 is 2.38 bits per heavy atom. The Balaban J connectivity index is 2.47. The smallest absolute Gasteiger partial charge is 0.271 e. The monoisotopic (exact) mass is 380 g/mol. The average molecular weight is 380 g/mol. The van der Waals surface area contributed by atoms with E-state index in [2.05, 4.69) is 0 Å². The summed E-state index contributed by atoms with van der Waals surface area (Å²) in [6.45, 7) is 5.54. The quantitative estimate of drug-likeness (QED) is 0.563. The molecule has 2 aromatic rings. The highest BCUT2D eigenvalue weighted by Crippen LogP contribution is 2.23. The summed E-state index contributed by atoms with van der Waals surface area (Å²) < 4.78 is 29.1. The predicted molar refractivity (Wildman–Crippen MR) is 94.7 cm³/mol. The zero-order valence-electron chi connectivity index (χ0n) is 14.9. The number of amides is 1. The Labute approximate surface area is 151 Å². The van der Waals surface area contributed by atoms with Crippen LogP contribution in [0.2, 0.25) is 0 Å². The van der Waals surface area contributed by atoms with Gasteiger partial charge in [-0.05, 0) is 39.0 Å². The summed E-state index contributed by atoms with van der Waals surface area (Å²) in [6, 6.07) is 6.48. The number of non-ortho nitro benzene ring substituents is 1. The first-order chi connectivity index (χ1) is 12.0. The van der Waals surface area contributed by atoms with E-state index in [1.54, 1.807) is 32.9 Å². The fourth-order valence-electron chi connectivity index (χ4n) is 2.42. The second-order valence-electron chi connectivity index (χ2n) is 6.28. The van der Waals surface area contributed by atoms with E-state index in [1.807, 2.05) is 0 Å². The van der Waals surface area contributed by atoms with Crippen LogP contribution in [0.5, 0.6) is 0 Å². The fraction of sp³-hybridized carbons (Fsp3) is 0.353. The summed E-state index contributed by atoms with van der Waals surface area (Å²) in [5, 5.41) is 11.1. The number of aryl methyl sites for hydroxylation is 1. The largest absolute Gasteiger partial charge is 0.464 e. The minimum absolute atomic E-state index is 0.0587. The Morgan fingerprint density at radius 1 is 1.27 bits per heavy atom. The molecule has 0 unspecified atom stereocenters. The number of rotatable bonds is 6. The summed E-state index contributed by atoms with van der Waals surface area (Å²) in [5.74, 6) is 0.756. The lowest BCUT2D eigenvalue weighted by molar-refractivity contribution is -0.385. The molecule has 0 N–H and O–H groups in total. The number of nitrogens with zero attached hydrogens (tertiary/aromatic N) is 2. The van der Waals surface area contributed by atoms with E-state index in [9.17, 15) is 23.3 Å². The highest BCUT2D eigenvalue weighted by atomic mass is 32.2. The van der Waals surface area contributed by atoms with Gasteiger partial charge in [-0.15, -0.1) is 0 Å². The summed E-state index contributed by atoms with van der Waals surface area (Å²) in [6.07, 6.45) is 0.937. The topological polar surface area (TPSA) is 111 Å². The van der Waals surface area contributed by atoms with E-state index in [1.165, 1.54) is 4.90 Å². The maximum Gasteiger partial charge on any atom is 0.271 e. The van der Waals surface area contributed by atoms with Crippen LogP contribution in [0.1, 0.15) is 35.7 Å². The predicted octanol–water partition coefficient (Wildman–Crippen LogP) is 2.95. The van der Waals surface area contributed by atoms with Crippen LogP contribution in [0.4, 0.5) is 5.69 Å². The molecule has 1 heterocycles. The first-order valence-electron chi connectivity index (χ1n) is 7.85. The third-order valence-corrected chi connectivity index (χ3v) is 4.88. The maximum absolute atomic E-state index is 12.9. The fourth-order valence-corrected chi connectivity index (χ4v) is 3.09. The molecule has 140 valence electrons. The van der Waals surface area contributed by atoms with Crippen molar-refractivity contribution in [2.24, 2.45) is 0 Å². The van der Waals surface area contributed by atoms with Crippen molar-refractivity contribution in [3.8, 4) is 0 Å². The van der Waals surface area contributed by atoms with Crippen LogP contribution >= 0.6 is 0 Å². The van der Waals surface area contributed by atoms with Crippen LogP contribution < -0.4 is 0 Å². The van der Waals surface area contributed by atoms with Gasteiger partial charge in [0.2, 0.25) is 0 Å². The van der Waals surface area contributed by atoms with Crippen molar-refractivity contribution in [2.75, 3.05) is 6.26 Å². The lowest BCUT2D eigenvalue weighted by atomic mass is 10.1. The Bertz CT molecular complexity index is 946. The second kappa shape index (κ2) is 7.28. The van der Waals surface area contributed by atoms with Crippen molar-refractivity contribution in [1.82, 2.24) is 4.90 Å². The van der Waals surface area contributed by atoms with Crippen LogP contribution in [-0.4, -0.2) is 36.4 Å². The molecule has 0 spiro atoms. The zero-order valence-corrected chi connectivity index (χ0v) is 15.7. The van der Waals surface area contributed by atoms with Gasteiger partial charge in [0, 0.05) is 30.0 Å². The molecular weight excluding hydrogens is 360 g/mol. The van der Waals surface area contributed by atoms with Gasteiger partial charge in [0.05, 0.1) is 16.4 Å². The molecule has 1 aromatic heterocycles. The lowest BCUT2D eigenvalue weighted by Crippen LogP contribution is -2.36. The van der Waals surface area contributed by atoms with Gasteiger partial charge in [0.1, 0.15) is 11.5 Å². The van der Waals surface area contributed by atoms with Gasteiger partial charge < -0.3 is 9.32 Å². The van der Waals surface area contributed by atoms with Crippen molar-refractivity contribution < 1.29 is 22.6 Å². The van der Waals surface area contributed by atoms with Crippen LogP contribution in [0.15, 0.2) is 39.6 Å². The van der Waals surface area contributed by atoms with E-state index in [-0.39, 0.29) is 23.0 Å². The van der Waals surface area contributed by atoms with Crippen molar-refractivity contribution >= 4 is 21.4 Å². The molecule has 26 heavy (non-hydrogen) atoms. The SMILES string of the molecule is Cc1ccc(CN(C(=O)c2cc([N+](=O)[O-])cc(S(C)(=O)=O)c2)C(C)C)o1. The molecule has 1 aromatic carbocycles. The van der Waals surface area contributed by atoms with Crippen LogP contribution in [0.25, 0.3) is 0 Å². The molecule has 0 radical (unpaired) electrons. The molecule has 8 nitrogen and oxygen atoms in total. The van der Waals surface area contributed by atoms with E-state index >= 15 is 0 Å². The van der Waals surface area contributed by atoms with Gasteiger partial charge in [0.25, 0.3) is 11.6 Å². The summed E-state index contributed by atoms with van der Waals surface area (Å²) in [5.41, 5.74) is -0.509. The Morgan fingerprint density at radius 2 is 1.92 bits per heavy atom. The number of sulfone groups is 1. The highest BCUT2D eigenvalue weighted by Gasteiger charge is 2.25. The van der Waals surface area contributed by atoms with E-state index in [0.717, 1.165) is 24.5 Å². The molecule has 9 heteroatoms. The summed E-state index contributed by atoms with van der Waals surface area (Å²) in [7, 11) is -3.71. The van der Waals surface area contributed by atoms with Crippen molar-refractivity contribution in [3.63, 3.8) is 0 Å². The number of nitro benzene ring substituents is 1. The van der Waals surface area contributed by atoms with Crippen molar-refractivity contribution in [1.29, 1.82) is 0 Å². The van der Waals surface area contributed by atoms with E-state index in [0.29, 0.717) is 11.5 Å². The molecule has 0 saturated heterocycles. The van der Waals surface area contributed by atoms with Crippen LogP contribution in [-0.2, 0) is 16.4 Å². The Hall–Kier alpha value is -2.68. The minimum Gasteiger partial charge on any atom is -0.464 e. The molecule has 1 amide bonds. The number of nitro groups is 1. The molecule has 0 aliphatic rings. The molecule has 2 rings (SSSR count). The van der Waals surface area contributed by atoms with Gasteiger partial charge >= 0.3 is 0 Å². The Kier molecular flexibility index (Phi) is 5.50. The highest BCUT2D eigenvalue weighted by molar-refractivity contribution is 7.90. The molecule has 0 fully saturated rings.